The van der Waals surface area contributed by atoms with Crippen molar-refractivity contribution in [2.24, 2.45) is 0 Å². The number of aromatic amines is 1. The molecule has 0 aliphatic rings. The number of anilines is 1. The van der Waals surface area contributed by atoms with Crippen LogP contribution in [0.2, 0.25) is 0 Å². The molecule has 2 heterocycles. The number of methoxy groups -OCH3 is 1. The number of amides is 1. The highest BCUT2D eigenvalue weighted by atomic mass is 16.5. The maximum absolute atomic E-state index is 12.2. The fourth-order valence-electron chi connectivity index (χ4n) is 2.06. The Bertz CT molecular complexity index is 777. The normalized spacial score (nSPS) is 10.6. The van der Waals surface area contributed by atoms with Gasteiger partial charge in [-0.1, -0.05) is 18.2 Å². The van der Waals surface area contributed by atoms with Gasteiger partial charge in [-0.05, 0) is 19.1 Å². The Kier molecular flexibility index (Phi) is 3.27. The largest absolute Gasteiger partial charge is 0.481 e. The van der Waals surface area contributed by atoms with E-state index >= 15 is 0 Å². The number of benzene rings is 1. The lowest BCUT2D eigenvalue weighted by atomic mass is 10.2. The third-order valence-corrected chi connectivity index (χ3v) is 3.04. The summed E-state index contributed by atoms with van der Waals surface area (Å²) in [5.41, 5.74) is 2.08. The quantitative estimate of drug-likeness (QED) is 0.773. The minimum absolute atomic E-state index is 0.218. The van der Waals surface area contributed by atoms with Gasteiger partial charge in [-0.2, -0.15) is 4.98 Å². The molecule has 0 bridgehead atoms. The van der Waals surface area contributed by atoms with Gasteiger partial charge in [0.1, 0.15) is 5.69 Å². The maximum Gasteiger partial charge on any atom is 0.274 e. The summed E-state index contributed by atoms with van der Waals surface area (Å²) in [5, 5.41) is 3.64. The predicted octanol–water partition coefficient (Wildman–Crippen LogP) is 2.53. The van der Waals surface area contributed by atoms with Crippen molar-refractivity contribution in [3.63, 3.8) is 0 Å². The second kappa shape index (κ2) is 5.24. The fraction of sp³-hybridized carbons (Fsp3) is 0.133. The summed E-state index contributed by atoms with van der Waals surface area (Å²) in [5.74, 6) is 0.337. The van der Waals surface area contributed by atoms with Gasteiger partial charge in [0.15, 0.2) is 0 Å². The second-order valence-corrected chi connectivity index (χ2v) is 4.60. The van der Waals surface area contributed by atoms with Gasteiger partial charge in [-0.25, -0.2) is 4.98 Å². The van der Waals surface area contributed by atoms with Gasteiger partial charge in [-0.15, -0.1) is 0 Å². The number of carbonyl (C=O) groups is 1. The molecule has 0 saturated heterocycles. The van der Waals surface area contributed by atoms with Crippen molar-refractivity contribution in [3.8, 4) is 5.88 Å². The summed E-state index contributed by atoms with van der Waals surface area (Å²) in [6.07, 6.45) is 0. The van der Waals surface area contributed by atoms with E-state index in [-0.39, 0.29) is 11.9 Å². The molecule has 6 nitrogen and oxygen atoms in total. The molecule has 0 fully saturated rings. The molecule has 0 spiro atoms. The summed E-state index contributed by atoms with van der Waals surface area (Å²) in [6.45, 7) is 1.81. The first-order valence-electron chi connectivity index (χ1n) is 6.44. The number of para-hydroxylation sites is 1. The van der Waals surface area contributed by atoms with Crippen molar-refractivity contribution in [3.05, 3.63) is 47.8 Å². The smallest absolute Gasteiger partial charge is 0.274 e. The minimum atomic E-state index is -0.293. The standard InChI is InChI=1S/C15H14N4O2/c1-9-7-13(21-2)18-15(16-9)19-14(20)12-8-10-5-3-4-6-11(10)17-12/h3-8,17H,1-2H3,(H,16,18,19,20). The summed E-state index contributed by atoms with van der Waals surface area (Å²) >= 11 is 0. The minimum Gasteiger partial charge on any atom is -0.481 e. The first-order valence-corrected chi connectivity index (χ1v) is 6.44. The van der Waals surface area contributed by atoms with Crippen molar-refractivity contribution in [1.29, 1.82) is 0 Å². The molecule has 21 heavy (non-hydrogen) atoms. The highest BCUT2D eigenvalue weighted by Gasteiger charge is 2.12. The number of aromatic nitrogens is 3. The Labute approximate surface area is 121 Å². The SMILES string of the molecule is COc1cc(C)nc(NC(=O)c2cc3ccccc3[nH]2)n1. The van der Waals surface area contributed by atoms with Crippen LogP contribution in [0.25, 0.3) is 10.9 Å². The molecule has 0 atom stereocenters. The first kappa shape index (κ1) is 13.1. The zero-order chi connectivity index (χ0) is 14.8. The Morgan fingerprint density at radius 2 is 2.05 bits per heavy atom. The van der Waals surface area contributed by atoms with Crippen LogP contribution in [0.3, 0.4) is 0 Å². The third-order valence-electron chi connectivity index (χ3n) is 3.04. The van der Waals surface area contributed by atoms with E-state index in [0.717, 1.165) is 10.9 Å². The van der Waals surface area contributed by atoms with Crippen molar-refractivity contribution < 1.29 is 9.53 Å². The number of H-pyrrole nitrogens is 1. The van der Waals surface area contributed by atoms with E-state index in [2.05, 4.69) is 20.3 Å². The molecule has 0 unspecified atom stereocenters. The van der Waals surface area contributed by atoms with Crippen molar-refractivity contribution in [2.45, 2.75) is 6.92 Å². The molecular formula is C15H14N4O2. The number of nitrogens with one attached hydrogen (secondary N) is 2. The molecule has 1 amide bonds. The number of ether oxygens (including phenoxy) is 1. The topological polar surface area (TPSA) is 79.9 Å². The van der Waals surface area contributed by atoms with Gasteiger partial charge in [0.05, 0.1) is 7.11 Å². The average molecular weight is 282 g/mol. The number of carbonyl (C=O) groups excluding carboxylic acids is 1. The fourth-order valence-corrected chi connectivity index (χ4v) is 2.06. The maximum atomic E-state index is 12.2. The monoisotopic (exact) mass is 282 g/mol. The molecule has 1 aromatic carbocycles. The molecule has 3 rings (SSSR count). The van der Waals surface area contributed by atoms with Crippen LogP contribution in [-0.2, 0) is 0 Å². The van der Waals surface area contributed by atoms with Gasteiger partial charge < -0.3 is 9.72 Å². The number of nitrogens with zero attached hydrogens (tertiary/aromatic N) is 2. The highest BCUT2D eigenvalue weighted by Crippen LogP contribution is 2.16. The number of fused-ring (bicyclic) bond motifs is 1. The van der Waals surface area contributed by atoms with Crippen molar-refractivity contribution >= 4 is 22.8 Å². The molecule has 3 aromatic rings. The Morgan fingerprint density at radius 1 is 1.24 bits per heavy atom. The molecule has 0 aliphatic carbocycles. The van der Waals surface area contributed by atoms with Crippen LogP contribution in [0.5, 0.6) is 5.88 Å². The van der Waals surface area contributed by atoms with E-state index in [4.69, 9.17) is 4.74 Å². The van der Waals surface area contributed by atoms with Crippen LogP contribution in [-0.4, -0.2) is 28.0 Å². The highest BCUT2D eigenvalue weighted by molar-refractivity contribution is 6.05. The molecule has 106 valence electrons. The summed E-state index contributed by atoms with van der Waals surface area (Å²) in [4.78, 5) is 23.5. The van der Waals surface area contributed by atoms with Crippen molar-refractivity contribution in [2.75, 3.05) is 12.4 Å². The van der Waals surface area contributed by atoms with E-state index in [1.165, 1.54) is 7.11 Å². The molecule has 6 heteroatoms. The van der Waals surface area contributed by atoms with Crippen LogP contribution in [0.1, 0.15) is 16.2 Å². The zero-order valence-electron chi connectivity index (χ0n) is 11.7. The van der Waals surface area contributed by atoms with Gasteiger partial charge >= 0.3 is 0 Å². The number of hydrogen-bond acceptors (Lipinski definition) is 4. The average Bonchev–Trinajstić information content (AvgIpc) is 2.90. The third kappa shape index (κ3) is 2.69. The first-order chi connectivity index (χ1) is 10.2. The van der Waals surface area contributed by atoms with Crippen LogP contribution in [0.15, 0.2) is 36.4 Å². The molecule has 0 aliphatic heterocycles. The van der Waals surface area contributed by atoms with E-state index in [0.29, 0.717) is 17.3 Å². The summed E-state index contributed by atoms with van der Waals surface area (Å²) < 4.78 is 5.06. The molecular weight excluding hydrogens is 268 g/mol. The number of aryl methyl sites for hydroxylation is 1. The molecule has 0 radical (unpaired) electrons. The van der Waals surface area contributed by atoms with Gasteiger partial charge in [-0.3, -0.25) is 10.1 Å². The van der Waals surface area contributed by atoms with E-state index in [9.17, 15) is 4.79 Å². The zero-order valence-corrected chi connectivity index (χ0v) is 11.7. The Hall–Kier alpha value is -2.89. The lowest BCUT2D eigenvalue weighted by Crippen LogP contribution is -2.15. The number of rotatable bonds is 3. The lowest BCUT2D eigenvalue weighted by molar-refractivity contribution is 0.102. The van der Waals surface area contributed by atoms with Gasteiger partial charge in [0, 0.05) is 22.7 Å². The van der Waals surface area contributed by atoms with Crippen LogP contribution in [0, 0.1) is 6.92 Å². The van der Waals surface area contributed by atoms with Gasteiger partial charge in [0.2, 0.25) is 11.8 Å². The lowest BCUT2D eigenvalue weighted by Gasteiger charge is -2.05. The van der Waals surface area contributed by atoms with Crippen LogP contribution < -0.4 is 10.1 Å². The van der Waals surface area contributed by atoms with E-state index in [1.807, 2.05) is 31.2 Å². The van der Waals surface area contributed by atoms with Crippen molar-refractivity contribution in [1.82, 2.24) is 15.0 Å². The Balaban J connectivity index is 1.87. The van der Waals surface area contributed by atoms with E-state index < -0.39 is 0 Å². The summed E-state index contributed by atoms with van der Waals surface area (Å²) in [6, 6.07) is 11.2. The number of hydrogen-bond donors (Lipinski definition) is 2. The van der Waals surface area contributed by atoms with Gasteiger partial charge in [0.25, 0.3) is 5.91 Å². The molecule has 2 N–H and O–H groups in total. The van der Waals surface area contributed by atoms with Crippen LogP contribution in [0.4, 0.5) is 5.95 Å². The van der Waals surface area contributed by atoms with E-state index in [1.54, 1.807) is 12.1 Å². The second-order valence-electron chi connectivity index (χ2n) is 4.60. The predicted molar refractivity (Wildman–Crippen MR) is 79.6 cm³/mol. The molecule has 2 aromatic heterocycles. The van der Waals surface area contributed by atoms with Crippen LogP contribution >= 0.6 is 0 Å². The Morgan fingerprint density at radius 3 is 2.81 bits per heavy atom. The summed E-state index contributed by atoms with van der Waals surface area (Å²) in [7, 11) is 1.52. The molecule has 0 saturated carbocycles.